The summed E-state index contributed by atoms with van der Waals surface area (Å²) in [6.45, 7) is 8.92. The fraction of sp³-hybridized carbons (Fsp3) is 0.385. The Bertz CT molecular complexity index is 995. The first-order valence-electron chi connectivity index (χ1n) is 11.5. The van der Waals surface area contributed by atoms with Crippen molar-refractivity contribution in [1.29, 1.82) is 0 Å². The molecule has 32 heavy (non-hydrogen) atoms. The van der Waals surface area contributed by atoms with Crippen LogP contribution in [0.1, 0.15) is 42.6 Å². The highest BCUT2D eigenvalue weighted by Gasteiger charge is 2.25. The monoisotopic (exact) mass is 450 g/mol. The van der Waals surface area contributed by atoms with Gasteiger partial charge in [-0.25, -0.2) is 0 Å². The molecule has 2 aliphatic heterocycles. The van der Waals surface area contributed by atoms with Gasteiger partial charge >= 0.3 is 0 Å². The van der Waals surface area contributed by atoms with Gasteiger partial charge in [0.25, 0.3) is 11.8 Å². The Balaban J connectivity index is 1.31. The molecule has 0 saturated carbocycles. The number of carbonyl (C=O) groups excluding carboxylic acids is 2. The van der Waals surface area contributed by atoms with Gasteiger partial charge in [-0.2, -0.15) is 0 Å². The zero-order valence-electron chi connectivity index (χ0n) is 18.8. The summed E-state index contributed by atoms with van der Waals surface area (Å²) in [4.78, 5) is 28.4. The number of carbonyl (C=O) groups is 2. The largest absolute Gasteiger partial charge is 0.352 e. The first-order chi connectivity index (χ1) is 15.5. The molecule has 2 aliphatic rings. The van der Waals surface area contributed by atoms with Crippen LogP contribution < -0.4 is 15.5 Å². The third-order valence-corrected chi connectivity index (χ3v) is 7.20. The molecule has 2 atom stereocenters. The standard InChI is InChI=1S/C26H31N3O2S/c1-18-13-19(2)17-29(16-18)12-6-11-27-25(30)21-9-10-23-22(15-21)28-26(31)24(32-23)14-20-7-4-3-5-8-20/h3-5,7-10,14-15,18-19H,6,11-13,16-17H2,1-2H3,(H,27,30)(H,28,31)/p+1. The van der Waals surface area contributed by atoms with Crippen molar-refractivity contribution in [3.63, 3.8) is 0 Å². The van der Waals surface area contributed by atoms with E-state index in [0.717, 1.165) is 35.3 Å². The van der Waals surface area contributed by atoms with Crippen LogP contribution >= 0.6 is 11.8 Å². The van der Waals surface area contributed by atoms with E-state index in [1.54, 1.807) is 11.0 Å². The van der Waals surface area contributed by atoms with Gasteiger partial charge in [0.1, 0.15) is 0 Å². The van der Waals surface area contributed by atoms with Crippen molar-refractivity contribution in [2.75, 3.05) is 31.5 Å². The number of hydrogen-bond donors (Lipinski definition) is 3. The van der Waals surface area contributed by atoms with Crippen LogP contribution in [0.4, 0.5) is 5.69 Å². The van der Waals surface area contributed by atoms with Crippen molar-refractivity contribution in [3.8, 4) is 0 Å². The van der Waals surface area contributed by atoms with Gasteiger partial charge in [-0.15, -0.1) is 0 Å². The minimum Gasteiger partial charge on any atom is -0.352 e. The third kappa shape index (κ3) is 5.81. The summed E-state index contributed by atoms with van der Waals surface area (Å²) < 4.78 is 0. The molecule has 3 N–H and O–H groups in total. The lowest BCUT2D eigenvalue weighted by Crippen LogP contribution is -3.14. The van der Waals surface area contributed by atoms with Crippen molar-refractivity contribution >= 4 is 35.3 Å². The molecule has 0 aromatic heterocycles. The fourth-order valence-electron chi connectivity index (χ4n) is 4.77. The first kappa shape index (κ1) is 22.6. The summed E-state index contributed by atoms with van der Waals surface area (Å²) in [5.74, 6) is 1.34. The van der Waals surface area contributed by atoms with E-state index in [-0.39, 0.29) is 11.8 Å². The lowest BCUT2D eigenvalue weighted by molar-refractivity contribution is -0.912. The fourth-order valence-corrected chi connectivity index (χ4v) is 5.70. The van der Waals surface area contributed by atoms with Gasteiger partial charge in [0, 0.05) is 35.3 Å². The molecule has 6 heteroatoms. The smallest absolute Gasteiger partial charge is 0.262 e. The number of likely N-dealkylation sites (tertiary alicyclic amines) is 1. The molecular weight excluding hydrogens is 418 g/mol. The Morgan fingerprint density at radius 1 is 1.16 bits per heavy atom. The van der Waals surface area contributed by atoms with E-state index in [1.165, 1.54) is 31.3 Å². The maximum atomic E-state index is 12.6. The summed E-state index contributed by atoms with van der Waals surface area (Å²) in [5, 5.41) is 5.97. The maximum absolute atomic E-state index is 12.6. The molecule has 4 rings (SSSR count). The molecule has 168 valence electrons. The number of nitrogens with one attached hydrogen (secondary N) is 3. The van der Waals surface area contributed by atoms with E-state index in [0.29, 0.717) is 22.7 Å². The highest BCUT2D eigenvalue weighted by Crippen LogP contribution is 2.39. The van der Waals surface area contributed by atoms with Gasteiger partial charge in [0.05, 0.1) is 30.2 Å². The maximum Gasteiger partial charge on any atom is 0.262 e. The summed E-state index contributed by atoms with van der Waals surface area (Å²) in [6.07, 6.45) is 4.19. The van der Waals surface area contributed by atoms with Crippen molar-refractivity contribution in [2.45, 2.75) is 31.6 Å². The highest BCUT2D eigenvalue weighted by molar-refractivity contribution is 8.04. The van der Waals surface area contributed by atoms with E-state index in [1.807, 2.05) is 48.5 Å². The molecule has 0 bridgehead atoms. The minimum atomic E-state index is -0.142. The molecule has 1 saturated heterocycles. The second-order valence-electron chi connectivity index (χ2n) is 9.15. The Morgan fingerprint density at radius 2 is 1.91 bits per heavy atom. The second kappa shape index (κ2) is 10.4. The zero-order valence-corrected chi connectivity index (χ0v) is 19.6. The number of quaternary nitrogens is 1. The van der Waals surface area contributed by atoms with Crippen LogP contribution in [0.15, 0.2) is 58.3 Å². The number of anilines is 1. The second-order valence-corrected chi connectivity index (χ2v) is 10.2. The van der Waals surface area contributed by atoms with Crippen molar-refractivity contribution in [2.24, 2.45) is 11.8 Å². The van der Waals surface area contributed by atoms with Crippen LogP contribution in [0.2, 0.25) is 0 Å². The number of rotatable bonds is 6. The van der Waals surface area contributed by atoms with Crippen LogP contribution in [0, 0.1) is 11.8 Å². The van der Waals surface area contributed by atoms with E-state index in [2.05, 4.69) is 24.5 Å². The van der Waals surface area contributed by atoms with Gasteiger partial charge in [0.2, 0.25) is 0 Å². The topological polar surface area (TPSA) is 62.6 Å². The van der Waals surface area contributed by atoms with E-state index in [9.17, 15) is 9.59 Å². The summed E-state index contributed by atoms with van der Waals surface area (Å²) in [5.41, 5.74) is 2.26. The number of fused-ring (bicyclic) bond motifs is 1. The van der Waals surface area contributed by atoms with Crippen LogP contribution in [0.3, 0.4) is 0 Å². The number of thioether (sulfide) groups is 1. The normalized spacial score (nSPS) is 24.0. The van der Waals surface area contributed by atoms with Crippen LogP contribution in [-0.4, -0.2) is 38.0 Å². The summed E-state index contributed by atoms with van der Waals surface area (Å²) in [6, 6.07) is 15.3. The lowest BCUT2D eigenvalue weighted by atomic mass is 9.92. The Morgan fingerprint density at radius 3 is 2.66 bits per heavy atom. The lowest BCUT2D eigenvalue weighted by Gasteiger charge is -2.32. The molecule has 0 radical (unpaired) electrons. The predicted molar refractivity (Wildman–Crippen MR) is 131 cm³/mol. The van der Waals surface area contributed by atoms with Gasteiger partial charge in [-0.05, 0) is 36.3 Å². The summed E-state index contributed by atoms with van der Waals surface area (Å²) in [7, 11) is 0. The van der Waals surface area contributed by atoms with E-state index >= 15 is 0 Å². The average molecular weight is 451 g/mol. The molecule has 1 fully saturated rings. The first-order valence-corrected chi connectivity index (χ1v) is 12.3. The summed E-state index contributed by atoms with van der Waals surface area (Å²) >= 11 is 1.43. The molecule has 2 heterocycles. The third-order valence-electron chi connectivity index (χ3n) is 6.10. The number of hydrogen-bond acceptors (Lipinski definition) is 3. The molecule has 2 aromatic rings. The average Bonchev–Trinajstić information content (AvgIpc) is 2.77. The van der Waals surface area contributed by atoms with Crippen LogP contribution in [0.5, 0.6) is 0 Å². The zero-order chi connectivity index (χ0) is 22.5. The van der Waals surface area contributed by atoms with Gasteiger partial charge in [-0.3, -0.25) is 9.59 Å². The molecule has 2 unspecified atom stereocenters. The van der Waals surface area contributed by atoms with E-state index < -0.39 is 0 Å². The van der Waals surface area contributed by atoms with E-state index in [4.69, 9.17) is 0 Å². The number of piperidine rings is 1. The SMILES string of the molecule is CC1CC(C)C[NH+](CCCNC(=O)c2ccc3c(c2)NC(=O)C(=Cc2ccccc2)S3)C1. The number of amides is 2. The molecule has 2 amide bonds. The predicted octanol–water partition coefficient (Wildman–Crippen LogP) is 3.45. The van der Waals surface area contributed by atoms with Crippen LogP contribution in [-0.2, 0) is 4.79 Å². The molecule has 2 aromatic carbocycles. The minimum absolute atomic E-state index is 0.0898. The molecule has 5 nitrogen and oxygen atoms in total. The Labute approximate surface area is 194 Å². The van der Waals surface area contributed by atoms with Gasteiger partial charge < -0.3 is 15.5 Å². The molecular formula is C26H32N3O2S+. The Kier molecular flexibility index (Phi) is 7.33. The van der Waals surface area contributed by atoms with Gasteiger partial charge in [0.15, 0.2) is 0 Å². The van der Waals surface area contributed by atoms with Crippen molar-refractivity contribution < 1.29 is 14.5 Å². The van der Waals surface area contributed by atoms with Crippen molar-refractivity contribution in [3.05, 3.63) is 64.6 Å². The molecule has 0 aliphatic carbocycles. The molecule has 0 spiro atoms. The Hall–Kier alpha value is -2.57. The van der Waals surface area contributed by atoms with Crippen molar-refractivity contribution in [1.82, 2.24) is 5.32 Å². The van der Waals surface area contributed by atoms with Gasteiger partial charge in [-0.1, -0.05) is 55.9 Å². The number of benzene rings is 2. The van der Waals surface area contributed by atoms with Crippen LogP contribution in [0.25, 0.3) is 6.08 Å². The highest BCUT2D eigenvalue weighted by atomic mass is 32.2. The quantitative estimate of drug-likeness (QED) is 0.467.